The first-order valence-corrected chi connectivity index (χ1v) is 4.39. The number of nitrogens with two attached hydrogens (primary N) is 1. The number of alkyl halides is 3. The third-order valence-electron chi connectivity index (χ3n) is 1.82. The van der Waals surface area contributed by atoms with Gasteiger partial charge in [0.2, 0.25) is 0 Å². The Kier molecular flexibility index (Phi) is 3.39. The van der Waals surface area contributed by atoms with Crippen LogP contribution in [0.1, 0.15) is 11.1 Å². The molecule has 14 heavy (non-hydrogen) atoms. The Hall–Kier alpha value is -0.740. The Bertz CT molecular complexity index is 322. The topological polar surface area (TPSA) is 26.0 Å². The maximum atomic E-state index is 12.5. The minimum absolute atomic E-state index is 0.0733. The molecule has 1 nitrogen and oxygen atoms in total. The van der Waals surface area contributed by atoms with Crippen molar-refractivity contribution in [2.45, 2.75) is 12.6 Å². The van der Waals surface area contributed by atoms with Crippen LogP contribution in [-0.4, -0.2) is 6.54 Å². The van der Waals surface area contributed by atoms with E-state index >= 15 is 0 Å². The molecule has 0 aromatic heterocycles. The Balaban J connectivity index is 3.21. The number of hydrogen-bond donors (Lipinski definition) is 1. The molecule has 5 heteroatoms. The van der Waals surface area contributed by atoms with E-state index in [1.54, 1.807) is 0 Å². The molecule has 0 unspecified atom stereocenters. The van der Waals surface area contributed by atoms with Gasteiger partial charge in [0.1, 0.15) is 0 Å². The first-order chi connectivity index (χ1) is 6.46. The Labute approximate surface area is 84.7 Å². The second-order valence-corrected chi connectivity index (χ2v) is 3.21. The van der Waals surface area contributed by atoms with Crippen molar-refractivity contribution >= 4 is 11.6 Å². The Morgan fingerprint density at radius 1 is 1.29 bits per heavy atom. The molecule has 0 saturated carbocycles. The molecule has 1 aromatic rings. The molecule has 0 heterocycles. The summed E-state index contributed by atoms with van der Waals surface area (Å²) in [4.78, 5) is 0. The largest absolute Gasteiger partial charge is 0.416 e. The highest BCUT2D eigenvalue weighted by Gasteiger charge is 2.33. The van der Waals surface area contributed by atoms with Gasteiger partial charge in [0, 0.05) is 5.02 Å². The van der Waals surface area contributed by atoms with Crippen molar-refractivity contribution in [3.8, 4) is 0 Å². The van der Waals surface area contributed by atoms with Gasteiger partial charge in [-0.2, -0.15) is 13.2 Å². The summed E-state index contributed by atoms with van der Waals surface area (Å²) in [6, 6.07) is 3.73. The zero-order valence-electron chi connectivity index (χ0n) is 7.24. The summed E-state index contributed by atoms with van der Waals surface area (Å²) in [6.45, 7) is 0.146. The summed E-state index contributed by atoms with van der Waals surface area (Å²) in [7, 11) is 0. The number of halogens is 4. The highest BCUT2D eigenvalue weighted by molar-refractivity contribution is 6.31. The van der Waals surface area contributed by atoms with Gasteiger partial charge in [-0.25, -0.2) is 0 Å². The first kappa shape index (κ1) is 11.3. The van der Waals surface area contributed by atoms with E-state index in [2.05, 4.69) is 0 Å². The van der Waals surface area contributed by atoms with Gasteiger partial charge in [-0.1, -0.05) is 17.7 Å². The summed E-state index contributed by atoms with van der Waals surface area (Å²) in [6.07, 6.45) is -4.23. The minimum Gasteiger partial charge on any atom is -0.330 e. The van der Waals surface area contributed by atoms with Gasteiger partial charge < -0.3 is 5.73 Å². The van der Waals surface area contributed by atoms with Gasteiger partial charge in [-0.05, 0) is 30.7 Å². The van der Waals surface area contributed by atoms with Gasteiger partial charge in [-0.3, -0.25) is 0 Å². The van der Waals surface area contributed by atoms with E-state index in [-0.39, 0.29) is 23.6 Å². The molecule has 0 spiro atoms. The molecular formula is C9H9ClF3N. The second kappa shape index (κ2) is 4.19. The third kappa shape index (κ3) is 2.39. The quantitative estimate of drug-likeness (QED) is 0.820. The molecule has 0 aliphatic heterocycles. The van der Waals surface area contributed by atoms with Crippen LogP contribution in [0, 0.1) is 0 Å². The lowest BCUT2D eigenvalue weighted by Gasteiger charge is -2.13. The monoisotopic (exact) mass is 223 g/mol. The fourth-order valence-corrected chi connectivity index (χ4v) is 1.49. The van der Waals surface area contributed by atoms with Gasteiger partial charge >= 0.3 is 6.18 Å². The minimum atomic E-state index is -4.37. The van der Waals surface area contributed by atoms with Crippen molar-refractivity contribution in [2.75, 3.05) is 6.54 Å². The molecule has 0 bridgehead atoms. The van der Waals surface area contributed by atoms with Gasteiger partial charge in [0.15, 0.2) is 0 Å². The molecular weight excluding hydrogens is 215 g/mol. The highest BCUT2D eigenvalue weighted by atomic mass is 35.5. The predicted octanol–water partition coefficient (Wildman–Crippen LogP) is 2.86. The fourth-order valence-electron chi connectivity index (χ4n) is 1.22. The molecule has 78 valence electrons. The van der Waals surface area contributed by atoms with Crippen LogP contribution in [0.3, 0.4) is 0 Å². The average Bonchev–Trinajstić information content (AvgIpc) is 2.07. The van der Waals surface area contributed by atoms with Gasteiger partial charge in [-0.15, -0.1) is 0 Å². The highest BCUT2D eigenvalue weighted by Crippen LogP contribution is 2.34. The van der Waals surface area contributed by atoms with Crippen LogP contribution in [0.2, 0.25) is 5.02 Å². The van der Waals surface area contributed by atoms with Crippen LogP contribution in [-0.2, 0) is 12.6 Å². The molecule has 0 radical (unpaired) electrons. The average molecular weight is 224 g/mol. The standard InChI is InChI=1S/C9H9ClF3N/c10-8-3-1-2-7(9(11,12)13)6(8)4-5-14/h1-3H,4-5,14H2. The molecule has 0 amide bonds. The smallest absolute Gasteiger partial charge is 0.330 e. The van der Waals surface area contributed by atoms with Crippen LogP contribution in [0.25, 0.3) is 0 Å². The van der Waals surface area contributed by atoms with E-state index < -0.39 is 11.7 Å². The number of benzene rings is 1. The molecule has 0 fully saturated rings. The molecule has 0 aliphatic rings. The van der Waals surface area contributed by atoms with Crippen LogP contribution in [0.5, 0.6) is 0 Å². The van der Waals surface area contributed by atoms with E-state index in [9.17, 15) is 13.2 Å². The van der Waals surface area contributed by atoms with Crippen molar-refractivity contribution in [3.63, 3.8) is 0 Å². The fraction of sp³-hybridized carbons (Fsp3) is 0.333. The van der Waals surface area contributed by atoms with Crippen LogP contribution < -0.4 is 5.73 Å². The Morgan fingerprint density at radius 2 is 1.93 bits per heavy atom. The molecule has 0 aliphatic carbocycles. The normalized spacial score (nSPS) is 11.8. The van der Waals surface area contributed by atoms with E-state index in [4.69, 9.17) is 17.3 Å². The SMILES string of the molecule is NCCc1c(Cl)cccc1C(F)(F)F. The summed E-state index contributed by atoms with van der Waals surface area (Å²) < 4.78 is 37.4. The third-order valence-corrected chi connectivity index (χ3v) is 2.17. The second-order valence-electron chi connectivity index (χ2n) is 2.80. The Morgan fingerprint density at radius 3 is 2.43 bits per heavy atom. The van der Waals surface area contributed by atoms with Crippen molar-refractivity contribution in [3.05, 3.63) is 34.3 Å². The lowest BCUT2D eigenvalue weighted by molar-refractivity contribution is -0.138. The number of rotatable bonds is 2. The molecule has 1 aromatic carbocycles. The summed E-state index contributed by atoms with van der Waals surface area (Å²) >= 11 is 5.66. The van der Waals surface area contributed by atoms with Crippen molar-refractivity contribution < 1.29 is 13.2 Å². The molecule has 0 atom stereocenters. The molecule has 1 rings (SSSR count). The molecule has 2 N–H and O–H groups in total. The number of hydrogen-bond acceptors (Lipinski definition) is 1. The molecule has 0 saturated heterocycles. The van der Waals surface area contributed by atoms with Gasteiger partial charge in [0.05, 0.1) is 5.56 Å². The maximum Gasteiger partial charge on any atom is 0.416 e. The predicted molar refractivity (Wildman–Crippen MR) is 49.2 cm³/mol. The van der Waals surface area contributed by atoms with Crippen LogP contribution in [0.4, 0.5) is 13.2 Å². The summed E-state index contributed by atoms with van der Waals surface area (Å²) in [5, 5.41) is 0.116. The van der Waals surface area contributed by atoms with Crippen molar-refractivity contribution in [2.24, 2.45) is 5.73 Å². The van der Waals surface area contributed by atoms with Crippen molar-refractivity contribution in [1.82, 2.24) is 0 Å². The maximum absolute atomic E-state index is 12.5. The summed E-state index contributed by atoms with van der Waals surface area (Å²) in [5.74, 6) is 0. The van der Waals surface area contributed by atoms with Gasteiger partial charge in [0.25, 0.3) is 0 Å². The first-order valence-electron chi connectivity index (χ1n) is 4.01. The van der Waals surface area contributed by atoms with E-state index in [1.165, 1.54) is 12.1 Å². The van der Waals surface area contributed by atoms with Crippen LogP contribution >= 0.6 is 11.6 Å². The van der Waals surface area contributed by atoms with Crippen molar-refractivity contribution in [1.29, 1.82) is 0 Å². The summed E-state index contributed by atoms with van der Waals surface area (Å²) in [5.41, 5.74) is 4.59. The van der Waals surface area contributed by atoms with E-state index in [0.717, 1.165) is 6.07 Å². The van der Waals surface area contributed by atoms with Crippen LogP contribution in [0.15, 0.2) is 18.2 Å². The van der Waals surface area contributed by atoms with E-state index in [0.29, 0.717) is 0 Å². The zero-order chi connectivity index (χ0) is 10.8. The lowest BCUT2D eigenvalue weighted by atomic mass is 10.0. The zero-order valence-corrected chi connectivity index (χ0v) is 7.99. The lowest BCUT2D eigenvalue weighted by Crippen LogP contribution is -2.12. The van der Waals surface area contributed by atoms with E-state index in [1.807, 2.05) is 0 Å².